The number of hydrogen-bond donors (Lipinski definition) is 1. The van der Waals surface area contributed by atoms with Crippen LogP contribution in [0.3, 0.4) is 0 Å². The highest BCUT2D eigenvalue weighted by Crippen LogP contribution is 2.31. The largest absolute Gasteiger partial charge is 0.424 e. The molecule has 0 unspecified atom stereocenters. The van der Waals surface area contributed by atoms with Crippen LogP contribution in [0, 0.1) is 0 Å². The molecule has 2 heterocycles. The molecule has 0 bridgehead atoms. The number of nitrogens with two attached hydrogens (primary N) is 1. The number of hydrogen-bond acceptors (Lipinski definition) is 7. The van der Waals surface area contributed by atoms with Gasteiger partial charge in [0.1, 0.15) is 5.82 Å². The summed E-state index contributed by atoms with van der Waals surface area (Å²) in [6, 6.07) is 7.51. The third-order valence-corrected chi connectivity index (χ3v) is 4.68. The van der Waals surface area contributed by atoms with Crippen molar-refractivity contribution in [3.63, 3.8) is 0 Å². The van der Waals surface area contributed by atoms with E-state index in [-0.39, 0.29) is 0 Å². The monoisotopic (exact) mass is 375 g/mol. The van der Waals surface area contributed by atoms with Gasteiger partial charge in [-0.1, -0.05) is 49.3 Å². The van der Waals surface area contributed by atoms with E-state index in [2.05, 4.69) is 20.2 Å². The normalized spacial score (nSPS) is 11.0. The minimum Gasteiger partial charge on any atom is -0.424 e. The molecular weight excluding hydrogens is 358 g/mol. The van der Waals surface area contributed by atoms with Crippen molar-refractivity contribution in [1.29, 1.82) is 0 Å². The molecule has 0 aliphatic rings. The van der Waals surface area contributed by atoms with Gasteiger partial charge in [-0.15, -0.1) is 10.2 Å². The van der Waals surface area contributed by atoms with Crippen molar-refractivity contribution in [2.24, 2.45) is 0 Å². The molecule has 3 rings (SSSR count). The fourth-order valence-corrected chi connectivity index (χ4v) is 3.20. The minimum atomic E-state index is 0.455. The van der Waals surface area contributed by atoms with Gasteiger partial charge in [0.25, 0.3) is 0 Å². The van der Waals surface area contributed by atoms with Gasteiger partial charge in [0, 0.05) is 17.0 Å². The van der Waals surface area contributed by atoms with E-state index in [1.54, 1.807) is 0 Å². The standard InChI is InChI=1S/C17H18ClN5OS/c1-3-12-15(10-5-7-11(18)8-6-10)16(19)21-17(20-12)25-9-14-23-22-13(4-2)24-14/h5-8H,3-4,9H2,1-2H3,(H2,19,20,21). The zero-order chi connectivity index (χ0) is 17.8. The summed E-state index contributed by atoms with van der Waals surface area (Å²) in [4.78, 5) is 9.07. The Morgan fingerprint density at radius 1 is 1.04 bits per heavy atom. The van der Waals surface area contributed by atoms with Crippen LogP contribution in [0.15, 0.2) is 33.8 Å². The van der Waals surface area contributed by atoms with Gasteiger partial charge in [0.2, 0.25) is 11.8 Å². The van der Waals surface area contributed by atoms with Crippen molar-refractivity contribution in [3.8, 4) is 11.1 Å². The maximum Gasteiger partial charge on any atom is 0.226 e. The van der Waals surface area contributed by atoms with Crippen molar-refractivity contribution in [1.82, 2.24) is 20.2 Å². The molecule has 0 radical (unpaired) electrons. The summed E-state index contributed by atoms with van der Waals surface area (Å²) in [5, 5.41) is 9.24. The van der Waals surface area contributed by atoms with Crippen LogP contribution in [0.2, 0.25) is 5.02 Å². The van der Waals surface area contributed by atoms with Crippen LogP contribution in [-0.4, -0.2) is 20.2 Å². The molecule has 0 amide bonds. The van der Waals surface area contributed by atoms with Crippen LogP contribution in [0.25, 0.3) is 11.1 Å². The summed E-state index contributed by atoms with van der Waals surface area (Å²) >= 11 is 7.39. The molecule has 8 heteroatoms. The quantitative estimate of drug-likeness (QED) is 0.510. The van der Waals surface area contributed by atoms with E-state index in [1.807, 2.05) is 38.1 Å². The lowest BCUT2D eigenvalue weighted by molar-refractivity contribution is 0.470. The number of rotatable bonds is 6. The van der Waals surface area contributed by atoms with Gasteiger partial charge in [-0.3, -0.25) is 0 Å². The van der Waals surface area contributed by atoms with Crippen molar-refractivity contribution in [2.75, 3.05) is 5.73 Å². The maximum absolute atomic E-state index is 6.21. The summed E-state index contributed by atoms with van der Waals surface area (Å²) in [6.45, 7) is 4.01. The number of thioether (sulfide) groups is 1. The second-order valence-electron chi connectivity index (χ2n) is 5.31. The third kappa shape index (κ3) is 4.11. The van der Waals surface area contributed by atoms with Crippen LogP contribution < -0.4 is 5.73 Å². The molecule has 2 N–H and O–H groups in total. The fraction of sp³-hybridized carbons (Fsp3) is 0.294. The van der Waals surface area contributed by atoms with Gasteiger partial charge in [-0.25, -0.2) is 9.97 Å². The SMILES string of the molecule is CCc1nnc(CSc2nc(N)c(-c3ccc(Cl)cc3)c(CC)n2)o1. The minimum absolute atomic E-state index is 0.455. The molecule has 0 fully saturated rings. The van der Waals surface area contributed by atoms with E-state index in [9.17, 15) is 0 Å². The van der Waals surface area contributed by atoms with Crippen LogP contribution in [-0.2, 0) is 18.6 Å². The summed E-state index contributed by atoms with van der Waals surface area (Å²) in [5.74, 6) is 2.15. The Kier molecular flexibility index (Phi) is 5.55. The smallest absolute Gasteiger partial charge is 0.226 e. The van der Waals surface area contributed by atoms with Crippen molar-refractivity contribution >= 4 is 29.2 Å². The number of anilines is 1. The molecule has 0 aliphatic carbocycles. The number of benzene rings is 1. The first kappa shape index (κ1) is 17.7. The van der Waals surface area contributed by atoms with Gasteiger partial charge in [-0.2, -0.15) is 0 Å². The van der Waals surface area contributed by atoms with Crippen LogP contribution in [0.4, 0.5) is 5.82 Å². The van der Waals surface area contributed by atoms with E-state index in [0.29, 0.717) is 33.5 Å². The first-order valence-corrected chi connectivity index (χ1v) is 9.33. The zero-order valence-electron chi connectivity index (χ0n) is 14.0. The molecule has 0 saturated carbocycles. The lowest BCUT2D eigenvalue weighted by Gasteiger charge is -2.12. The Hall–Kier alpha value is -2.12. The predicted octanol–water partition coefficient (Wildman–Crippen LogP) is 4.18. The number of nitrogen functional groups attached to an aromatic ring is 1. The van der Waals surface area contributed by atoms with Crippen LogP contribution in [0.5, 0.6) is 0 Å². The van der Waals surface area contributed by atoms with Gasteiger partial charge >= 0.3 is 0 Å². The number of halogens is 1. The van der Waals surface area contributed by atoms with Gasteiger partial charge in [-0.05, 0) is 24.1 Å². The van der Waals surface area contributed by atoms with E-state index in [0.717, 1.165) is 29.7 Å². The molecule has 0 aliphatic heterocycles. The lowest BCUT2D eigenvalue weighted by atomic mass is 10.0. The highest BCUT2D eigenvalue weighted by molar-refractivity contribution is 7.98. The van der Waals surface area contributed by atoms with Gasteiger partial charge < -0.3 is 10.2 Å². The Morgan fingerprint density at radius 2 is 1.76 bits per heavy atom. The van der Waals surface area contributed by atoms with Crippen LogP contribution >= 0.6 is 23.4 Å². The molecule has 1 aromatic carbocycles. The average Bonchev–Trinajstić information content (AvgIpc) is 3.08. The maximum atomic E-state index is 6.21. The summed E-state index contributed by atoms with van der Waals surface area (Å²) in [6.07, 6.45) is 1.47. The molecule has 0 spiro atoms. The Balaban J connectivity index is 1.84. The summed E-state index contributed by atoms with van der Waals surface area (Å²) in [5.41, 5.74) is 8.93. The molecular formula is C17H18ClN5OS. The Bertz CT molecular complexity index is 866. The second kappa shape index (κ2) is 7.84. The van der Waals surface area contributed by atoms with E-state index in [4.69, 9.17) is 21.8 Å². The molecule has 25 heavy (non-hydrogen) atoms. The molecule has 6 nitrogen and oxygen atoms in total. The second-order valence-corrected chi connectivity index (χ2v) is 6.68. The van der Waals surface area contributed by atoms with Gasteiger partial charge in [0.05, 0.1) is 11.4 Å². The topological polar surface area (TPSA) is 90.7 Å². The average molecular weight is 376 g/mol. The van der Waals surface area contributed by atoms with E-state index < -0.39 is 0 Å². The number of aromatic nitrogens is 4. The molecule has 2 aromatic heterocycles. The van der Waals surface area contributed by atoms with Crippen molar-refractivity contribution in [3.05, 3.63) is 46.8 Å². The Labute approximate surface area is 155 Å². The third-order valence-electron chi connectivity index (χ3n) is 3.60. The highest BCUT2D eigenvalue weighted by Gasteiger charge is 2.15. The van der Waals surface area contributed by atoms with E-state index >= 15 is 0 Å². The lowest BCUT2D eigenvalue weighted by Crippen LogP contribution is -2.04. The number of aryl methyl sites for hydroxylation is 2. The van der Waals surface area contributed by atoms with Crippen molar-refractivity contribution < 1.29 is 4.42 Å². The fourth-order valence-electron chi connectivity index (χ4n) is 2.37. The molecule has 0 atom stereocenters. The van der Waals surface area contributed by atoms with Crippen molar-refractivity contribution in [2.45, 2.75) is 37.6 Å². The number of nitrogens with zero attached hydrogens (tertiary/aromatic N) is 4. The summed E-state index contributed by atoms with van der Waals surface area (Å²) < 4.78 is 5.50. The highest BCUT2D eigenvalue weighted by atomic mass is 35.5. The zero-order valence-corrected chi connectivity index (χ0v) is 15.6. The summed E-state index contributed by atoms with van der Waals surface area (Å²) in [7, 11) is 0. The van der Waals surface area contributed by atoms with E-state index in [1.165, 1.54) is 11.8 Å². The first-order valence-electron chi connectivity index (χ1n) is 7.97. The molecule has 3 aromatic rings. The molecule has 0 saturated heterocycles. The predicted molar refractivity (Wildman–Crippen MR) is 99.5 cm³/mol. The Morgan fingerprint density at radius 3 is 2.40 bits per heavy atom. The van der Waals surface area contributed by atoms with Gasteiger partial charge in [0.15, 0.2) is 5.16 Å². The molecule has 130 valence electrons. The first-order chi connectivity index (χ1) is 12.1. The van der Waals surface area contributed by atoms with Crippen LogP contribution in [0.1, 0.15) is 31.3 Å².